The Morgan fingerprint density at radius 2 is 1.62 bits per heavy atom. The Balaban J connectivity index is 1.70. The average Bonchev–Trinajstić information content (AvgIpc) is 3.21. The molecule has 2 aromatic rings. The summed E-state index contributed by atoms with van der Waals surface area (Å²) in [5, 5.41) is 3.60. The maximum absolute atomic E-state index is 14.2. The van der Waals surface area contributed by atoms with Crippen molar-refractivity contribution < 1.29 is 8.78 Å². The lowest BCUT2D eigenvalue weighted by Gasteiger charge is -2.54. The quantitative estimate of drug-likeness (QED) is 0.565. The second kappa shape index (κ2) is 8.16. The van der Waals surface area contributed by atoms with E-state index < -0.39 is 5.66 Å². The molecule has 1 aliphatic heterocycles. The van der Waals surface area contributed by atoms with Crippen LogP contribution >= 0.6 is 9.24 Å². The second-order valence-corrected chi connectivity index (χ2v) is 9.01. The molecule has 1 aliphatic carbocycles. The smallest absolute Gasteiger partial charge is 0.284 e. The van der Waals surface area contributed by atoms with Crippen LogP contribution in [-0.2, 0) is 5.66 Å². The molecular weight excluding hydrogens is 385 g/mol. The monoisotopic (exact) mass is 414 g/mol. The van der Waals surface area contributed by atoms with Gasteiger partial charge < -0.3 is 5.32 Å². The molecule has 2 nitrogen and oxygen atoms in total. The van der Waals surface area contributed by atoms with E-state index in [0.29, 0.717) is 11.3 Å². The molecule has 0 bridgehead atoms. The first-order valence-electron chi connectivity index (χ1n) is 10.4. The first-order chi connectivity index (χ1) is 13.9. The van der Waals surface area contributed by atoms with Crippen LogP contribution in [0, 0.1) is 0 Å². The van der Waals surface area contributed by atoms with Crippen LogP contribution in [0.4, 0.5) is 8.78 Å². The van der Waals surface area contributed by atoms with Crippen LogP contribution in [0.2, 0.25) is 0 Å². The molecule has 154 valence electrons. The van der Waals surface area contributed by atoms with Crippen LogP contribution < -0.4 is 5.32 Å². The Morgan fingerprint density at radius 3 is 2.21 bits per heavy atom. The third kappa shape index (κ3) is 3.98. The van der Waals surface area contributed by atoms with Gasteiger partial charge in [0.25, 0.3) is 5.66 Å². The summed E-state index contributed by atoms with van der Waals surface area (Å²) in [6.07, 6.45) is 5.90. The van der Waals surface area contributed by atoms with Crippen molar-refractivity contribution in [1.82, 2.24) is 10.2 Å². The first kappa shape index (κ1) is 20.5. The highest BCUT2D eigenvalue weighted by atomic mass is 31.0. The molecule has 1 N–H and O–H groups in total. The molecule has 2 atom stereocenters. The van der Waals surface area contributed by atoms with Crippen molar-refractivity contribution in [3.63, 3.8) is 0 Å². The average molecular weight is 414 g/mol. The molecule has 0 aromatic heterocycles. The van der Waals surface area contributed by atoms with Crippen LogP contribution in [0.1, 0.15) is 54.8 Å². The fraction of sp³-hybridized carbons (Fsp3) is 0.417. The molecule has 0 amide bonds. The minimum absolute atomic E-state index is 0.0156. The minimum Gasteiger partial charge on any atom is -0.376 e. The summed E-state index contributed by atoms with van der Waals surface area (Å²) in [6, 6.07) is 17.1. The Labute approximate surface area is 174 Å². The SMILES string of the molecule is C=C(NC(c1ccccc1)C1(N2CCCC2)CCC1)c1ccccc1C(F)(F)P. The maximum Gasteiger partial charge on any atom is 0.284 e. The van der Waals surface area contributed by atoms with Gasteiger partial charge in [0.15, 0.2) is 0 Å². The number of halogens is 2. The lowest BCUT2D eigenvalue weighted by atomic mass is 9.68. The zero-order chi connectivity index (χ0) is 20.5. The van der Waals surface area contributed by atoms with Crippen molar-refractivity contribution in [1.29, 1.82) is 0 Å². The number of nitrogens with zero attached hydrogens (tertiary/aromatic N) is 1. The summed E-state index contributed by atoms with van der Waals surface area (Å²) in [7, 11) is 1.65. The van der Waals surface area contributed by atoms with Gasteiger partial charge in [-0.05, 0) is 50.8 Å². The Hall–Kier alpha value is -1.77. The van der Waals surface area contributed by atoms with E-state index in [0.717, 1.165) is 25.9 Å². The molecule has 2 aliphatic rings. The van der Waals surface area contributed by atoms with E-state index in [1.165, 1.54) is 30.9 Å². The molecule has 29 heavy (non-hydrogen) atoms. The molecule has 1 heterocycles. The number of likely N-dealkylation sites (tertiary alicyclic amines) is 1. The van der Waals surface area contributed by atoms with Gasteiger partial charge in [0, 0.05) is 22.4 Å². The van der Waals surface area contributed by atoms with Gasteiger partial charge in [0.05, 0.1) is 6.04 Å². The van der Waals surface area contributed by atoms with E-state index in [-0.39, 0.29) is 17.1 Å². The number of alkyl halides is 2. The minimum atomic E-state index is -2.99. The summed E-state index contributed by atoms with van der Waals surface area (Å²) >= 11 is 0. The van der Waals surface area contributed by atoms with Crippen molar-refractivity contribution in [2.45, 2.75) is 49.3 Å². The van der Waals surface area contributed by atoms with Gasteiger partial charge >= 0.3 is 0 Å². The van der Waals surface area contributed by atoms with Crippen molar-refractivity contribution >= 4 is 14.9 Å². The van der Waals surface area contributed by atoms with E-state index in [4.69, 9.17) is 0 Å². The van der Waals surface area contributed by atoms with E-state index in [2.05, 4.69) is 28.9 Å². The van der Waals surface area contributed by atoms with Crippen molar-refractivity contribution in [2.24, 2.45) is 0 Å². The number of hydrogen-bond acceptors (Lipinski definition) is 2. The summed E-state index contributed by atoms with van der Waals surface area (Å²) < 4.78 is 28.4. The zero-order valence-corrected chi connectivity index (χ0v) is 17.9. The molecule has 2 fully saturated rings. The Kier molecular flexibility index (Phi) is 5.77. The van der Waals surface area contributed by atoms with E-state index in [1.807, 2.05) is 18.2 Å². The molecule has 0 radical (unpaired) electrons. The molecule has 1 saturated carbocycles. The van der Waals surface area contributed by atoms with E-state index >= 15 is 0 Å². The molecule has 5 heteroatoms. The standard InChI is InChI=1S/C24H29F2N2P/c1-18(20-12-5-6-13-21(20)24(25,26)29)27-22(19-10-3-2-4-11-19)23(14-9-15-23)28-16-7-8-17-28/h2-6,10-13,22,27H,1,7-9,14-17,29H2. The predicted octanol–water partition coefficient (Wildman–Crippen LogP) is 5.93. The number of benzene rings is 2. The largest absolute Gasteiger partial charge is 0.376 e. The van der Waals surface area contributed by atoms with Crippen LogP contribution in [0.25, 0.3) is 5.70 Å². The normalized spacial score (nSPS) is 20.1. The van der Waals surface area contributed by atoms with E-state index in [1.54, 1.807) is 27.4 Å². The number of rotatable bonds is 7. The van der Waals surface area contributed by atoms with Crippen LogP contribution in [-0.4, -0.2) is 23.5 Å². The highest BCUT2D eigenvalue weighted by molar-refractivity contribution is 7.17. The summed E-state index contributed by atoms with van der Waals surface area (Å²) in [5.41, 5.74) is -0.758. The van der Waals surface area contributed by atoms with Gasteiger partial charge in [-0.15, -0.1) is 0 Å². The van der Waals surface area contributed by atoms with Gasteiger partial charge in [0.2, 0.25) is 0 Å². The van der Waals surface area contributed by atoms with Crippen LogP contribution in [0.5, 0.6) is 0 Å². The first-order valence-corrected chi connectivity index (χ1v) is 11.0. The highest BCUT2D eigenvalue weighted by Gasteiger charge is 2.50. The Morgan fingerprint density at radius 1 is 1.00 bits per heavy atom. The van der Waals surface area contributed by atoms with Crippen molar-refractivity contribution in [3.05, 3.63) is 77.9 Å². The predicted molar refractivity (Wildman–Crippen MR) is 119 cm³/mol. The summed E-state index contributed by atoms with van der Waals surface area (Å²) in [5.74, 6) is 0. The fourth-order valence-corrected chi connectivity index (χ4v) is 5.20. The zero-order valence-electron chi connectivity index (χ0n) is 16.7. The topological polar surface area (TPSA) is 15.3 Å². The van der Waals surface area contributed by atoms with Crippen molar-refractivity contribution in [3.8, 4) is 0 Å². The summed E-state index contributed by atoms with van der Waals surface area (Å²) in [6.45, 7) is 6.41. The third-order valence-electron chi connectivity index (χ3n) is 6.56. The molecule has 4 rings (SSSR count). The lowest BCUT2D eigenvalue weighted by molar-refractivity contribution is 0.00373. The van der Waals surface area contributed by atoms with Gasteiger partial charge in [0.1, 0.15) is 0 Å². The Bertz CT molecular complexity index is 853. The molecule has 2 unspecified atom stereocenters. The van der Waals surface area contributed by atoms with Crippen molar-refractivity contribution in [2.75, 3.05) is 13.1 Å². The number of hydrogen-bond donors (Lipinski definition) is 1. The highest BCUT2D eigenvalue weighted by Crippen LogP contribution is 2.49. The van der Waals surface area contributed by atoms with Gasteiger partial charge in [-0.1, -0.05) is 70.4 Å². The van der Waals surface area contributed by atoms with Gasteiger partial charge in [-0.25, -0.2) is 0 Å². The molecular formula is C24H29F2N2P. The van der Waals surface area contributed by atoms with Crippen LogP contribution in [0.15, 0.2) is 61.2 Å². The van der Waals surface area contributed by atoms with Gasteiger partial charge in [-0.2, -0.15) is 8.78 Å². The van der Waals surface area contributed by atoms with Gasteiger partial charge in [-0.3, -0.25) is 4.90 Å². The fourth-order valence-electron chi connectivity index (χ4n) is 4.95. The molecule has 2 aromatic carbocycles. The third-order valence-corrected chi connectivity index (χ3v) is 6.87. The maximum atomic E-state index is 14.2. The van der Waals surface area contributed by atoms with E-state index in [9.17, 15) is 8.78 Å². The number of nitrogens with one attached hydrogen (secondary N) is 1. The second-order valence-electron chi connectivity index (χ2n) is 8.29. The van der Waals surface area contributed by atoms with Crippen LogP contribution in [0.3, 0.4) is 0 Å². The summed E-state index contributed by atoms with van der Waals surface area (Å²) in [4.78, 5) is 2.62. The molecule has 0 spiro atoms. The molecule has 1 saturated heterocycles. The lowest BCUT2D eigenvalue weighted by Crippen LogP contribution is -2.59.